The molecule has 5 rings (SSSR count). The molecular weight excluding hydrogens is 510 g/mol. The quantitative estimate of drug-likeness (QED) is 0.440. The van der Waals surface area contributed by atoms with Crippen LogP contribution in [0.5, 0.6) is 5.75 Å². The van der Waals surface area contributed by atoms with Crippen LogP contribution >= 0.6 is 0 Å². The van der Waals surface area contributed by atoms with E-state index in [1.807, 2.05) is 52.8 Å². The fourth-order valence-electron chi connectivity index (χ4n) is 7.01. The molecule has 0 aliphatic carbocycles. The molecule has 2 aromatic carbocycles. The number of nitrogens with one attached hydrogen (secondary N) is 2. The Hall–Kier alpha value is -3.43. The van der Waals surface area contributed by atoms with Gasteiger partial charge in [-0.25, -0.2) is 0 Å². The molecule has 3 aliphatic heterocycles. The van der Waals surface area contributed by atoms with Crippen LogP contribution in [0.15, 0.2) is 42.5 Å². The summed E-state index contributed by atoms with van der Waals surface area (Å²) >= 11 is 0. The minimum absolute atomic E-state index is 0.0681. The second kappa shape index (κ2) is 10.5. The molecule has 3 amide bonds. The summed E-state index contributed by atoms with van der Waals surface area (Å²) in [6, 6.07) is 12.0. The molecule has 9 nitrogen and oxygen atoms in total. The third kappa shape index (κ3) is 4.45. The fourth-order valence-corrected chi connectivity index (χ4v) is 7.01. The van der Waals surface area contributed by atoms with E-state index in [9.17, 15) is 19.5 Å². The highest BCUT2D eigenvalue weighted by Gasteiger charge is 2.79. The van der Waals surface area contributed by atoms with Crippen molar-refractivity contribution in [1.82, 2.24) is 4.90 Å². The molecule has 3 fully saturated rings. The van der Waals surface area contributed by atoms with Crippen LogP contribution in [-0.4, -0.2) is 64.7 Å². The molecule has 3 aliphatic rings. The van der Waals surface area contributed by atoms with Crippen LogP contribution in [0.1, 0.15) is 44.7 Å². The summed E-state index contributed by atoms with van der Waals surface area (Å²) in [5.41, 5.74) is 1.11. The molecule has 2 bridgehead atoms. The minimum Gasteiger partial charge on any atom is -0.494 e. The maximum absolute atomic E-state index is 14.1. The maximum Gasteiger partial charge on any atom is 0.250 e. The summed E-state index contributed by atoms with van der Waals surface area (Å²) in [7, 11) is 0. The number of carbonyl (C=O) groups excluding carboxylic acids is 3. The zero-order valence-electron chi connectivity index (χ0n) is 23.8. The number of anilines is 2. The highest BCUT2D eigenvalue weighted by Crippen LogP contribution is 2.65. The molecule has 40 heavy (non-hydrogen) atoms. The second-order valence-corrected chi connectivity index (χ2v) is 11.6. The van der Waals surface area contributed by atoms with E-state index >= 15 is 0 Å². The van der Waals surface area contributed by atoms with Gasteiger partial charge in [-0.15, -0.1) is 0 Å². The Bertz CT molecular complexity index is 1310. The number of aliphatic hydroxyl groups is 1. The van der Waals surface area contributed by atoms with Crippen LogP contribution in [0, 0.1) is 31.6 Å². The molecule has 0 aromatic heterocycles. The molecule has 3 heterocycles. The Morgan fingerprint density at radius 1 is 1.12 bits per heavy atom. The number of ether oxygens (including phenoxy) is 2. The summed E-state index contributed by atoms with van der Waals surface area (Å²) in [5.74, 6) is -1.90. The van der Waals surface area contributed by atoms with E-state index in [1.165, 1.54) is 4.90 Å². The standard InChI is InChI=1S/C31H39N3O6/c1-6-39-22-12-10-21(11-13-22)32-27(36)24-25-29(38)34(14-7-15-35)26(31(25)17-20(4)30(24,5)40-31)28(37)33-23-16-18(2)8-9-19(23)3/h8-13,16,20,24-26,35H,6-7,14-15,17H2,1-5H3,(H,32,36)(H,33,37)/t20?,24-,25-,26?,30+,31?/m0/s1. The van der Waals surface area contributed by atoms with Crippen LogP contribution in [0.25, 0.3) is 0 Å². The molecule has 3 saturated heterocycles. The first kappa shape index (κ1) is 28.1. The number of nitrogens with zero attached hydrogens (tertiary/aromatic N) is 1. The van der Waals surface area contributed by atoms with Crippen LogP contribution in [0.3, 0.4) is 0 Å². The zero-order chi connectivity index (χ0) is 28.8. The Morgan fingerprint density at radius 3 is 2.52 bits per heavy atom. The van der Waals surface area contributed by atoms with Gasteiger partial charge in [-0.05, 0) is 87.9 Å². The number of carbonyl (C=O) groups is 3. The second-order valence-electron chi connectivity index (χ2n) is 11.6. The smallest absolute Gasteiger partial charge is 0.250 e. The van der Waals surface area contributed by atoms with Crippen molar-refractivity contribution >= 4 is 29.1 Å². The van der Waals surface area contributed by atoms with Gasteiger partial charge in [-0.2, -0.15) is 0 Å². The SMILES string of the molecule is CCOc1ccc(NC(=O)[C@@H]2[C@H]3C(=O)N(CCCO)C(C(=O)Nc4cc(C)ccc4C)C34CC(C)[C@@]2(C)O4)cc1. The number of hydrogen-bond donors (Lipinski definition) is 3. The molecule has 6 atom stereocenters. The molecule has 3 N–H and O–H groups in total. The van der Waals surface area contributed by atoms with Crippen LogP contribution in [0.2, 0.25) is 0 Å². The average molecular weight is 550 g/mol. The van der Waals surface area contributed by atoms with E-state index in [0.29, 0.717) is 36.6 Å². The van der Waals surface area contributed by atoms with Crippen molar-refractivity contribution in [3.8, 4) is 5.75 Å². The molecule has 0 saturated carbocycles. The first-order valence-corrected chi connectivity index (χ1v) is 14.1. The lowest BCUT2D eigenvalue weighted by atomic mass is 9.62. The van der Waals surface area contributed by atoms with Crippen LogP contribution < -0.4 is 15.4 Å². The summed E-state index contributed by atoms with van der Waals surface area (Å²) in [4.78, 5) is 43.5. The van der Waals surface area contributed by atoms with Crippen molar-refractivity contribution in [3.63, 3.8) is 0 Å². The van der Waals surface area contributed by atoms with E-state index < -0.39 is 29.1 Å². The molecule has 0 radical (unpaired) electrons. The lowest BCUT2D eigenvalue weighted by Crippen LogP contribution is -2.54. The molecule has 3 unspecified atom stereocenters. The summed E-state index contributed by atoms with van der Waals surface area (Å²) in [6.45, 7) is 10.3. The van der Waals surface area contributed by atoms with Crippen LogP contribution in [0.4, 0.5) is 11.4 Å². The number of amides is 3. The van der Waals surface area contributed by atoms with Gasteiger partial charge in [0.2, 0.25) is 17.7 Å². The van der Waals surface area contributed by atoms with Gasteiger partial charge in [0.25, 0.3) is 0 Å². The van der Waals surface area contributed by atoms with Gasteiger partial charge in [-0.1, -0.05) is 19.1 Å². The Labute approximate surface area is 235 Å². The van der Waals surface area contributed by atoms with Gasteiger partial charge >= 0.3 is 0 Å². The predicted molar refractivity (Wildman–Crippen MR) is 151 cm³/mol. The number of hydrogen-bond acceptors (Lipinski definition) is 6. The lowest BCUT2D eigenvalue weighted by Gasteiger charge is -2.36. The van der Waals surface area contributed by atoms with Gasteiger partial charge in [0.1, 0.15) is 17.4 Å². The van der Waals surface area contributed by atoms with Gasteiger partial charge < -0.3 is 30.1 Å². The van der Waals surface area contributed by atoms with Crippen molar-refractivity contribution in [2.45, 2.75) is 64.7 Å². The Morgan fingerprint density at radius 2 is 1.85 bits per heavy atom. The summed E-state index contributed by atoms with van der Waals surface area (Å²) < 4.78 is 12.2. The monoisotopic (exact) mass is 549 g/mol. The van der Waals surface area contributed by atoms with Crippen molar-refractivity contribution in [3.05, 3.63) is 53.6 Å². The predicted octanol–water partition coefficient (Wildman–Crippen LogP) is 3.67. The number of benzene rings is 2. The number of aryl methyl sites for hydroxylation is 2. The minimum atomic E-state index is -1.15. The van der Waals surface area contributed by atoms with Crippen molar-refractivity contribution in [1.29, 1.82) is 0 Å². The fraction of sp³-hybridized carbons (Fsp3) is 0.516. The number of fused-ring (bicyclic) bond motifs is 1. The third-order valence-electron chi connectivity index (χ3n) is 8.99. The number of likely N-dealkylation sites (tertiary alicyclic amines) is 1. The Balaban J connectivity index is 1.49. The molecular formula is C31H39N3O6. The summed E-state index contributed by atoms with van der Waals surface area (Å²) in [5, 5.41) is 15.6. The zero-order valence-corrected chi connectivity index (χ0v) is 23.8. The van der Waals surface area contributed by atoms with E-state index in [4.69, 9.17) is 9.47 Å². The normalized spacial score (nSPS) is 30.4. The first-order chi connectivity index (χ1) is 19.1. The lowest BCUT2D eigenvalue weighted by molar-refractivity contribution is -0.144. The van der Waals surface area contributed by atoms with E-state index in [2.05, 4.69) is 10.6 Å². The largest absolute Gasteiger partial charge is 0.494 e. The van der Waals surface area contributed by atoms with Gasteiger partial charge in [0.05, 0.1) is 24.0 Å². The molecule has 9 heteroatoms. The average Bonchev–Trinajstić information content (AvgIpc) is 3.42. The van der Waals surface area contributed by atoms with E-state index in [1.54, 1.807) is 24.3 Å². The topological polar surface area (TPSA) is 117 Å². The molecule has 2 aromatic rings. The van der Waals surface area contributed by atoms with Crippen molar-refractivity contribution in [2.75, 3.05) is 30.4 Å². The number of rotatable bonds is 9. The van der Waals surface area contributed by atoms with E-state index in [0.717, 1.165) is 11.1 Å². The highest BCUT2D eigenvalue weighted by molar-refractivity contribution is 6.05. The molecule has 214 valence electrons. The number of aliphatic hydroxyl groups excluding tert-OH is 1. The first-order valence-electron chi connectivity index (χ1n) is 14.1. The van der Waals surface area contributed by atoms with Crippen LogP contribution in [-0.2, 0) is 19.1 Å². The van der Waals surface area contributed by atoms with Gasteiger partial charge in [0.15, 0.2) is 0 Å². The highest BCUT2D eigenvalue weighted by atomic mass is 16.5. The van der Waals surface area contributed by atoms with Crippen molar-refractivity contribution in [2.24, 2.45) is 17.8 Å². The summed E-state index contributed by atoms with van der Waals surface area (Å²) in [6.07, 6.45) is 0.797. The van der Waals surface area contributed by atoms with E-state index in [-0.39, 0.29) is 36.8 Å². The van der Waals surface area contributed by atoms with Gasteiger partial charge in [-0.3, -0.25) is 14.4 Å². The maximum atomic E-state index is 14.1. The van der Waals surface area contributed by atoms with Crippen molar-refractivity contribution < 1.29 is 29.0 Å². The Kier molecular flexibility index (Phi) is 7.39. The third-order valence-corrected chi connectivity index (χ3v) is 8.99. The van der Waals surface area contributed by atoms with Gasteiger partial charge in [0, 0.05) is 24.5 Å². The molecule has 1 spiro atoms.